The number of halogens is 1. The highest BCUT2D eigenvalue weighted by Crippen LogP contribution is 2.27. The van der Waals surface area contributed by atoms with Crippen LogP contribution in [0.5, 0.6) is 5.75 Å². The summed E-state index contributed by atoms with van der Waals surface area (Å²) in [5.74, 6) is 1.10. The molecule has 0 spiro atoms. The first-order valence-electron chi connectivity index (χ1n) is 7.73. The molecule has 0 aliphatic heterocycles. The molecule has 4 nitrogen and oxygen atoms in total. The molecule has 5 heteroatoms. The minimum Gasteiger partial charge on any atom is -0.492 e. The quantitative estimate of drug-likeness (QED) is 0.759. The van der Waals surface area contributed by atoms with Gasteiger partial charge in [0.1, 0.15) is 5.75 Å². The van der Waals surface area contributed by atoms with Crippen LogP contribution in [-0.2, 0) is 0 Å². The maximum Gasteiger partial charge on any atom is 0.255 e. The maximum absolute atomic E-state index is 12.3. The molecule has 0 saturated carbocycles. The van der Waals surface area contributed by atoms with Gasteiger partial charge in [-0.3, -0.25) is 4.79 Å². The fraction of sp³-hybridized carbons (Fsp3) is 0.263. The molecule has 1 amide bonds. The van der Waals surface area contributed by atoms with Gasteiger partial charge in [-0.25, -0.2) is 0 Å². The van der Waals surface area contributed by atoms with Gasteiger partial charge in [0.15, 0.2) is 0 Å². The Morgan fingerprint density at radius 3 is 2.54 bits per heavy atom. The zero-order valence-corrected chi connectivity index (χ0v) is 15.3. The highest BCUT2D eigenvalue weighted by Gasteiger charge is 2.10. The van der Waals surface area contributed by atoms with Gasteiger partial charge >= 0.3 is 0 Å². The molecule has 0 atom stereocenters. The minimum absolute atomic E-state index is 0.214. The Morgan fingerprint density at radius 2 is 1.96 bits per heavy atom. The predicted octanol–water partition coefficient (Wildman–Crippen LogP) is 5.00. The van der Waals surface area contributed by atoms with Crippen molar-refractivity contribution < 1.29 is 9.53 Å². The van der Waals surface area contributed by atoms with Crippen molar-refractivity contribution in [3.63, 3.8) is 0 Å². The third kappa shape index (κ3) is 5.10. The van der Waals surface area contributed by atoms with Gasteiger partial charge in [-0.05, 0) is 70.7 Å². The Balaban J connectivity index is 2.01. The van der Waals surface area contributed by atoms with E-state index >= 15 is 0 Å². The Bertz CT molecular complexity index is 749. The number of nitriles is 1. The van der Waals surface area contributed by atoms with Crippen LogP contribution < -0.4 is 10.1 Å². The number of nitrogens with zero attached hydrogens (tertiary/aromatic N) is 1. The van der Waals surface area contributed by atoms with Gasteiger partial charge in [-0.1, -0.05) is 13.8 Å². The highest BCUT2D eigenvalue weighted by atomic mass is 79.9. The van der Waals surface area contributed by atoms with Crippen molar-refractivity contribution in [2.24, 2.45) is 5.92 Å². The van der Waals surface area contributed by atoms with E-state index in [-0.39, 0.29) is 5.91 Å². The van der Waals surface area contributed by atoms with Crippen LogP contribution in [0.15, 0.2) is 46.9 Å². The molecular weight excluding hydrogens is 368 g/mol. The molecule has 0 aromatic heterocycles. The summed E-state index contributed by atoms with van der Waals surface area (Å²) in [5.41, 5.74) is 1.73. The Kier molecular flexibility index (Phi) is 6.39. The van der Waals surface area contributed by atoms with Gasteiger partial charge < -0.3 is 10.1 Å². The molecule has 1 N–H and O–H groups in total. The second-order valence-corrected chi connectivity index (χ2v) is 6.67. The molecule has 24 heavy (non-hydrogen) atoms. The smallest absolute Gasteiger partial charge is 0.255 e. The van der Waals surface area contributed by atoms with Crippen LogP contribution in [0.4, 0.5) is 5.69 Å². The predicted molar refractivity (Wildman–Crippen MR) is 98.2 cm³/mol. The van der Waals surface area contributed by atoms with E-state index in [1.807, 2.05) is 6.07 Å². The lowest BCUT2D eigenvalue weighted by molar-refractivity contribution is 0.102. The molecule has 0 unspecified atom stereocenters. The van der Waals surface area contributed by atoms with Crippen LogP contribution in [-0.4, -0.2) is 12.5 Å². The molecule has 2 rings (SSSR count). The molecule has 0 heterocycles. The van der Waals surface area contributed by atoms with Crippen LogP contribution in [0, 0.1) is 17.2 Å². The number of carbonyl (C=O) groups is 1. The number of rotatable bonds is 6. The van der Waals surface area contributed by atoms with E-state index in [1.165, 1.54) is 0 Å². The van der Waals surface area contributed by atoms with Gasteiger partial charge in [0.2, 0.25) is 0 Å². The zero-order valence-electron chi connectivity index (χ0n) is 13.7. The number of carbonyl (C=O) groups excluding carboxylic acids is 1. The molecule has 2 aromatic rings. The second kappa shape index (κ2) is 8.51. The van der Waals surface area contributed by atoms with Crippen molar-refractivity contribution in [1.82, 2.24) is 0 Å². The molecule has 124 valence electrons. The third-order valence-electron chi connectivity index (χ3n) is 3.42. The van der Waals surface area contributed by atoms with Crippen molar-refractivity contribution in [3.8, 4) is 11.8 Å². The summed E-state index contributed by atoms with van der Waals surface area (Å²) in [6.45, 7) is 4.94. The van der Waals surface area contributed by atoms with E-state index in [0.29, 0.717) is 29.3 Å². The molecule has 0 bridgehead atoms. The maximum atomic E-state index is 12.3. The monoisotopic (exact) mass is 386 g/mol. The molecule has 0 aliphatic rings. The largest absolute Gasteiger partial charge is 0.492 e. The number of hydrogen-bond donors (Lipinski definition) is 1. The standard InChI is InChI=1S/C19H19BrN2O2/c1-13(2)9-10-24-18-8-5-15(11-17(18)20)19(23)22-16-6-3-14(12-21)4-7-16/h3-8,11,13H,9-10H2,1-2H3,(H,22,23). The van der Waals surface area contributed by atoms with E-state index in [9.17, 15) is 4.79 Å². The molecular formula is C19H19BrN2O2. The van der Waals surface area contributed by atoms with Crippen molar-refractivity contribution in [2.75, 3.05) is 11.9 Å². The molecule has 0 radical (unpaired) electrons. The highest BCUT2D eigenvalue weighted by molar-refractivity contribution is 9.10. The van der Waals surface area contributed by atoms with Gasteiger partial charge in [0, 0.05) is 11.3 Å². The summed E-state index contributed by atoms with van der Waals surface area (Å²) >= 11 is 3.45. The summed E-state index contributed by atoms with van der Waals surface area (Å²) in [5, 5.41) is 11.6. The van der Waals surface area contributed by atoms with Crippen LogP contribution in [0.2, 0.25) is 0 Å². The number of amides is 1. The average molecular weight is 387 g/mol. The number of anilines is 1. The summed E-state index contributed by atoms with van der Waals surface area (Å²) in [6.07, 6.45) is 0.980. The fourth-order valence-electron chi connectivity index (χ4n) is 2.00. The zero-order chi connectivity index (χ0) is 17.5. The van der Waals surface area contributed by atoms with Gasteiger partial charge in [0.05, 0.1) is 22.7 Å². The van der Waals surface area contributed by atoms with E-state index in [0.717, 1.165) is 16.6 Å². The first-order valence-corrected chi connectivity index (χ1v) is 8.52. The van der Waals surface area contributed by atoms with Crippen molar-refractivity contribution in [3.05, 3.63) is 58.1 Å². The first-order chi connectivity index (χ1) is 11.5. The minimum atomic E-state index is -0.214. The Hall–Kier alpha value is -2.32. The molecule has 2 aromatic carbocycles. The van der Waals surface area contributed by atoms with Crippen molar-refractivity contribution >= 4 is 27.5 Å². The van der Waals surface area contributed by atoms with E-state index in [4.69, 9.17) is 10.00 Å². The number of nitrogens with one attached hydrogen (secondary N) is 1. The van der Waals surface area contributed by atoms with Crippen molar-refractivity contribution in [2.45, 2.75) is 20.3 Å². The van der Waals surface area contributed by atoms with Crippen LogP contribution in [0.1, 0.15) is 36.2 Å². The Labute approximate surface area is 150 Å². The summed E-state index contributed by atoms with van der Waals surface area (Å²) < 4.78 is 6.47. The molecule has 0 fully saturated rings. The lowest BCUT2D eigenvalue weighted by Crippen LogP contribution is -2.12. The summed E-state index contributed by atoms with van der Waals surface area (Å²) in [4.78, 5) is 12.3. The lowest BCUT2D eigenvalue weighted by atomic mass is 10.1. The van der Waals surface area contributed by atoms with Crippen LogP contribution in [0.25, 0.3) is 0 Å². The summed E-state index contributed by atoms with van der Waals surface area (Å²) in [7, 11) is 0. The number of hydrogen-bond acceptors (Lipinski definition) is 3. The molecule has 0 saturated heterocycles. The number of ether oxygens (including phenoxy) is 1. The Morgan fingerprint density at radius 1 is 1.25 bits per heavy atom. The average Bonchev–Trinajstić information content (AvgIpc) is 2.56. The van der Waals surface area contributed by atoms with Crippen LogP contribution >= 0.6 is 15.9 Å². The van der Waals surface area contributed by atoms with E-state index in [2.05, 4.69) is 35.1 Å². The van der Waals surface area contributed by atoms with Gasteiger partial charge in [-0.15, -0.1) is 0 Å². The lowest BCUT2D eigenvalue weighted by Gasteiger charge is -2.11. The summed E-state index contributed by atoms with van der Waals surface area (Å²) in [6, 6.07) is 14.0. The van der Waals surface area contributed by atoms with Gasteiger partial charge in [0.25, 0.3) is 5.91 Å². The van der Waals surface area contributed by atoms with Gasteiger partial charge in [-0.2, -0.15) is 5.26 Å². The number of benzene rings is 2. The van der Waals surface area contributed by atoms with Crippen molar-refractivity contribution in [1.29, 1.82) is 5.26 Å². The fourth-order valence-corrected chi connectivity index (χ4v) is 2.49. The topological polar surface area (TPSA) is 62.1 Å². The van der Waals surface area contributed by atoms with E-state index in [1.54, 1.807) is 42.5 Å². The first kappa shape index (κ1) is 18.0. The van der Waals surface area contributed by atoms with E-state index < -0.39 is 0 Å². The van der Waals surface area contributed by atoms with Crippen LogP contribution in [0.3, 0.4) is 0 Å². The normalized spacial score (nSPS) is 10.3. The second-order valence-electron chi connectivity index (χ2n) is 5.82. The third-order valence-corrected chi connectivity index (χ3v) is 4.04. The SMILES string of the molecule is CC(C)CCOc1ccc(C(=O)Nc2ccc(C#N)cc2)cc1Br. The molecule has 0 aliphatic carbocycles.